The molecule has 2 aromatic carbocycles. The quantitative estimate of drug-likeness (QED) is 0.0216. The molecule has 4 aliphatic rings. The van der Waals surface area contributed by atoms with E-state index < -0.39 is 349 Å². The van der Waals surface area contributed by atoms with E-state index in [2.05, 4.69) is 58.6 Å². The number of rotatable bonds is 47. The minimum absolute atomic E-state index is 0. The van der Waals surface area contributed by atoms with E-state index in [1.54, 1.807) is 0 Å². The molecule has 14 radical (unpaired) electrons. The van der Waals surface area contributed by atoms with Crippen molar-refractivity contribution in [3.8, 4) is 11.5 Å². The molecule has 0 amide bonds. The molecule has 100 heteroatoms. The van der Waals surface area contributed by atoms with Crippen molar-refractivity contribution in [2.75, 3.05) is 47.4 Å². The summed E-state index contributed by atoms with van der Waals surface area (Å²) in [5.74, 6) is -4.72. The summed E-state index contributed by atoms with van der Waals surface area (Å²) in [4.78, 5) is 0. The van der Waals surface area contributed by atoms with Gasteiger partial charge in [-0.15, -0.1) is 0 Å². The van der Waals surface area contributed by atoms with Gasteiger partial charge in [0, 0.05) is 425 Å². The van der Waals surface area contributed by atoms with E-state index in [4.69, 9.17) is 37.9 Å². The molecule has 2 aromatic rings. The molecule has 0 saturated carbocycles. The number of hydrogen-bond donors (Lipinski definition) is 16. The number of anilines is 2. The fourth-order valence-electron chi connectivity index (χ4n) is 10.3. The Bertz CT molecular complexity index is 5780. The van der Waals surface area contributed by atoms with Gasteiger partial charge in [-0.2, -0.15) is 118 Å². The second kappa shape index (κ2) is 66.8. The van der Waals surface area contributed by atoms with Crippen LogP contribution in [0.25, 0.3) is 0 Å². The van der Waals surface area contributed by atoms with Crippen LogP contribution in [0.3, 0.4) is 0 Å². The van der Waals surface area contributed by atoms with Gasteiger partial charge in [0.1, 0.15) is 84.7 Å². The largest absolute Gasteiger partial charge is 0.462 e. The Morgan fingerprint density at radius 3 is 0.558 bits per heavy atom. The van der Waals surface area contributed by atoms with E-state index in [0.29, 0.717) is 48.5 Å². The summed E-state index contributed by atoms with van der Waals surface area (Å²) in [6.07, 6.45) is -64.9. The van der Waals surface area contributed by atoms with Crippen LogP contribution in [0.1, 0.15) is 0 Å². The minimum Gasteiger partial charge on any atom is -0.462 e. The first kappa shape index (κ1) is 165. The smallest absolute Gasteiger partial charge is 0.397 e. The van der Waals surface area contributed by atoms with Gasteiger partial charge in [0.25, 0.3) is 0 Å². The van der Waals surface area contributed by atoms with Crippen molar-refractivity contribution in [1.82, 2.24) is 0 Å². The third kappa shape index (κ3) is 64.8. The van der Waals surface area contributed by atoms with Crippen molar-refractivity contribution < 1.29 is 295 Å². The summed E-state index contributed by atoms with van der Waals surface area (Å²) >= 11 is 0. The standard InChI is InChI=1S/C38H56N2O68S16.14Na/c41-109(42,39-15-1-5-17(6-2-15)91-35-31(105-121(75,76)77)27(101-117(63,64)65)23(19(93-35)11-87-111(45,46)47)97-37-33(107-123(81,82)83)29(103-119(69,70)71)25(99-115(57,58)59)21(95-37)13-89-113(51,52)53)9-10-110(43,44)40-16-3-7-18(8-4-16)92-36-32(106-122(78,79)80)28(102-118(66,67)68)24(20(94-36)12-88-112(48,49)50)98-38-34(108-124(84,85)86)30(104-120(72,73)74)26(100-116(60,61)62)22(96-38)14-90-114(54,55)56;;;;;;;;;;;;;;/h1-8,19-40H,9-14H2,(H,45,46,47)(H,48,49,50)(H,51,52,53)(H,54,55,56)(H,57,58,59)(H,60,61,62)(H,63,64,65)(H,66,67,68)(H,69,70,71)(H,72,73,74)(H,75,76,77)(H,78,79,80)(H,81,82,83)(H,84,85,86);;;;;;;;;;;;;;/t19-,20-,21-,22-,23-,24-,25-,26-,27+,28+,29+,30+,31-,32-,33-,34-,35-,36-,37-,38-;;;;;;;;;;;;;;/m1............../s1. The van der Waals surface area contributed by atoms with Gasteiger partial charge < -0.3 is 37.9 Å². The number of sulfonamides is 2. The van der Waals surface area contributed by atoms with Crippen LogP contribution in [0.5, 0.6) is 11.5 Å². The Morgan fingerprint density at radius 2 is 0.370 bits per heavy atom. The normalized spacial score (nSPS) is 25.8. The molecule has 138 heavy (non-hydrogen) atoms. The van der Waals surface area contributed by atoms with E-state index >= 15 is 0 Å². The predicted octanol–water partition coefficient (Wildman–Crippen LogP) is -15.9. The van der Waals surface area contributed by atoms with Crippen LogP contribution < -0.4 is 18.9 Å². The van der Waals surface area contributed by atoms with Crippen molar-refractivity contribution in [2.45, 2.75) is 123 Å². The molecular formula is C38H56N2Na14O68S16. The van der Waals surface area contributed by atoms with Gasteiger partial charge in [-0.1, -0.05) is 0 Å². The van der Waals surface area contributed by atoms with Crippen LogP contribution in [0.2, 0.25) is 0 Å². The van der Waals surface area contributed by atoms with E-state index in [-0.39, 0.29) is 414 Å². The summed E-state index contributed by atoms with van der Waals surface area (Å²) in [6.45, 7) is -8.02. The van der Waals surface area contributed by atoms with Crippen LogP contribution >= 0.6 is 0 Å². The number of ether oxygens (including phenoxy) is 8. The molecule has 20 atom stereocenters. The first-order valence-electron chi connectivity index (χ1n) is 30.0. The average molecular weight is 2460 g/mol. The second-order valence-electron chi connectivity index (χ2n) is 23.2. The molecule has 16 N–H and O–H groups in total. The first-order valence-corrected chi connectivity index (χ1v) is 52.5. The molecule has 6 rings (SSSR count). The second-order valence-corrected chi connectivity index (χ2v) is 41.8. The molecular weight excluding hydrogens is 2410 g/mol. The van der Waals surface area contributed by atoms with E-state index in [0.717, 1.165) is 0 Å². The van der Waals surface area contributed by atoms with Crippen molar-refractivity contribution in [3.63, 3.8) is 0 Å². The summed E-state index contributed by atoms with van der Waals surface area (Å²) in [6, 6.07) is 4.98. The summed E-state index contributed by atoms with van der Waals surface area (Å²) in [5.41, 5.74) is -1.30. The molecule has 0 spiro atoms. The molecule has 4 aliphatic heterocycles. The van der Waals surface area contributed by atoms with Gasteiger partial charge in [-0.05, 0) is 48.5 Å². The van der Waals surface area contributed by atoms with Crippen molar-refractivity contribution in [2.24, 2.45) is 0 Å². The Labute approximate surface area is 1090 Å². The maximum atomic E-state index is 13.4. The predicted molar refractivity (Wildman–Crippen MR) is 448 cm³/mol. The molecule has 0 aliphatic carbocycles. The van der Waals surface area contributed by atoms with Crippen molar-refractivity contribution in [3.05, 3.63) is 48.5 Å². The molecule has 4 heterocycles. The molecule has 736 valence electrons. The van der Waals surface area contributed by atoms with Gasteiger partial charge in [-0.25, -0.2) is 75.4 Å². The van der Waals surface area contributed by atoms with Crippen LogP contribution in [-0.2, 0) is 253 Å². The van der Waals surface area contributed by atoms with Gasteiger partial charge >= 0.3 is 146 Å². The topological polar surface area (TPSA) is 1060 Å². The molecule has 4 fully saturated rings. The number of nitrogens with one attached hydrogen (secondary N) is 2. The summed E-state index contributed by atoms with van der Waals surface area (Å²) in [7, 11) is -96.6. The van der Waals surface area contributed by atoms with Crippen molar-refractivity contribution >= 4 is 591 Å². The SMILES string of the molecule is O=S(=O)(CCS(=O)(=O)Nc1ccc(O[C@@H]2O[C@H](COS(=O)(=O)O)[C@@H](O[C@H]3O[C@H](COS(=O)(=O)O)[C@@H](OS(=O)(=O)O)[C@H](OS(=O)(=O)O)[C@H]3OS(=O)(=O)O)[C@H](OS(=O)(=O)O)[C@H]2OS(=O)(=O)O)cc1)Nc1ccc(O[C@@H]2O[C@H](COS(=O)(=O)O)[C@@H](O[C@H]3O[C@H](COS(=O)(=O)O)[C@@H](OS(=O)(=O)O)[C@H](OS(=O)(=O)O)[C@H]3OS(=O)(=O)O)[C@H](OS(=O)(=O)O)[C@H]2OS(=O)(=O)O)cc1.[Na].[Na].[Na].[Na].[Na].[Na].[Na].[Na].[Na].[Na].[Na].[Na].[Na].[Na]. The molecule has 0 aromatic heterocycles. The maximum absolute atomic E-state index is 13.4. The minimum atomic E-state index is -6.37. The monoisotopic (exact) mass is 2460 g/mol. The first-order chi connectivity index (χ1) is 55.5. The van der Waals surface area contributed by atoms with Gasteiger partial charge in [0.05, 0.1) is 37.9 Å². The van der Waals surface area contributed by atoms with Gasteiger partial charge in [-0.3, -0.25) is 73.2 Å². The third-order valence-electron chi connectivity index (χ3n) is 14.2. The van der Waals surface area contributed by atoms with E-state index in [1.165, 1.54) is 0 Å². The van der Waals surface area contributed by atoms with Crippen molar-refractivity contribution in [1.29, 1.82) is 0 Å². The molecule has 70 nitrogen and oxygen atoms in total. The molecule has 0 unspecified atom stereocenters. The molecule has 0 bridgehead atoms. The van der Waals surface area contributed by atoms with Crippen LogP contribution in [0.4, 0.5) is 11.4 Å². The van der Waals surface area contributed by atoms with E-state index in [1.807, 2.05) is 9.44 Å². The number of benzene rings is 2. The Morgan fingerprint density at radius 1 is 0.210 bits per heavy atom. The average Bonchev–Trinajstić information content (AvgIpc) is 0.756. The van der Waals surface area contributed by atoms with Gasteiger partial charge in [0.2, 0.25) is 32.6 Å². The fraction of sp³-hybridized carbons (Fsp3) is 0.684. The Hall–Kier alpha value is 9.48. The zero-order valence-electron chi connectivity index (χ0n) is 72.2. The van der Waals surface area contributed by atoms with E-state index in [9.17, 15) is 198 Å². The Kier molecular flexibility index (Phi) is 79.8. The summed E-state index contributed by atoms with van der Waals surface area (Å²) in [5, 5.41) is 0. The number of hydrogen-bond acceptors (Lipinski definition) is 54. The van der Waals surface area contributed by atoms with Crippen LogP contribution in [-0.4, -0.2) is 773 Å². The third-order valence-corrected chi connectivity index (χ3v) is 23.4. The fourth-order valence-corrected chi connectivity index (χ4v) is 19.5. The molecule has 4 saturated heterocycles. The summed E-state index contributed by atoms with van der Waals surface area (Å²) < 4.78 is 634. The zero-order valence-corrected chi connectivity index (χ0v) is 113. The maximum Gasteiger partial charge on any atom is 0.397 e. The van der Waals surface area contributed by atoms with Crippen LogP contribution in [0.15, 0.2) is 48.5 Å². The zero-order chi connectivity index (χ0) is 94.7. The van der Waals surface area contributed by atoms with Crippen LogP contribution in [0, 0.1) is 0 Å². The van der Waals surface area contributed by atoms with Gasteiger partial charge in [0.15, 0.2) is 37.0 Å². The Balaban J connectivity index is -0.00000170.